The minimum atomic E-state index is 0.314. The van der Waals surface area contributed by atoms with Crippen LogP contribution >= 0.6 is 0 Å². The lowest BCUT2D eigenvalue weighted by Gasteiger charge is -2.41. The zero-order valence-electron chi connectivity index (χ0n) is 11.9. The number of piperidine rings is 1. The SMILES string of the molecule is CC1CCNCC1CC1CCOC2(CCCC2)C1. The fraction of sp³-hybridized carbons (Fsp3) is 1.00. The van der Waals surface area contributed by atoms with Gasteiger partial charge in [0.05, 0.1) is 5.60 Å². The molecule has 3 aliphatic rings. The molecule has 2 aliphatic heterocycles. The first-order valence-electron chi connectivity index (χ1n) is 8.12. The van der Waals surface area contributed by atoms with Crippen LogP contribution in [-0.4, -0.2) is 25.3 Å². The van der Waals surface area contributed by atoms with Crippen LogP contribution in [0.25, 0.3) is 0 Å². The largest absolute Gasteiger partial charge is 0.375 e. The van der Waals surface area contributed by atoms with E-state index in [0.717, 1.165) is 24.4 Å². The molecule has 104 valence electrons. The number of nitrogens with one attached hydrogen (secondary N) is 1. The molecule has 1 N–H and O–H groups in total. The third kappa shape index (κ3) is 2.75. The third-order valence-electron chi connectivity index (χ3n) is 5.73. The molecule has 3 atom stereocenters. The first-order chi connectivity index (χ1) is 8.77. The van der Waals surface area contributed by atoms with Gasteiger partial charge in [0, 0.05) is 6.61 Å². The van der Waals surface area contributed by atoms with Gasteiger partial charge in [0.15, 0.2) is 0 Å². The summed E-state index contributed by atoms with van der Waals surface area (Å²) in [6, 6.07) is 0. The molecular weight excluding hydrogens is 222 g/mol. The van der Waals surface area contributed by atoms with Gasteiger partial charge in [-0.15, -0.1) is 0 Å². The minimum Gasteiger partial charge on any atom is -0.375 e. The fourth-order valence-electron chi connectivity index (χ4n) is 4.50. The lowest BCUT2D eigenvalue weighted by molar-refractivity contribution is -0.0967. The van der Waals surface area contributed by atoms with Crippen LogP contribution in [-0.2, 0) is 4.74 Å². The summed E-state index contributed by atoms with van der Waals surface area (Å²) in [6.07, 6.45) is 11.0. The van der Waals surface area contributed by atoms with Crippen LogP contribution in [0, 0.1) is 17.8 Å². The molecule has 1 saturated carbocycles. The van der Waals surface area contributed by atoms with E-state index < -0.39 is 0 Å². The predicted molar refractivity (Wildman–Crippen MR) is 74.6 cm³/mol. The van der Waals surface area contributed by atoms with E-state index >= 15 is 0 Å². The average Bonchev–Trinajstić information content (AvgIpc) is 2.80. The van der Waals surface area contributed by atoms with Crippen molar-refractivity contribution in [3.8, 4) is 0 Å². The molecule has 3 unspecified atom stereocenters. The number of hydrogen-bond acceptors (Lipinski definition) is 2. The van der Waals surface area contributed by atoms with Crippen molar-refractivity contribution in [2.24, 2.45) is 17.8 Å². The molecule has 0 radical (unpaired) electrons. The van der Waals surface area contributed by atoms with E-state index in [1.165, 1.54) is 64.5 Å². The number of ether oxygens (including phenoxy) is 1. The second-order valence-corrected chi connectivity index (χ2v) is 7.06. The molecule has 3 fully saturated rings. The summed E-state index contributed by atoms with van der Waals surface area (Å²) < 4.78 is 6.16. The Labute approximate surface area is 112 Å². The average molecular weight is 251 g/mol. The van der Waals surface area contributed by atoms with Gasteiger partial charge in [0.2, 0.25) is 0 Å². The van der Waals surface area contributed by atoms with Gasteiger partial charge in [-0.2, -0.15) is 0 Å². The van der Waals surface area contributed by atoms with Crippen molar-refractivity contribution < 1.29 is 4.74 Å². The molecule has 3 rings (SSSR count). The molecule has 2 saturated heterocycles. The highest BCUT2D eigenvalue weighted by molar-refractivity contribution is 4.92. The van der Waals surface area contributed by atoms with Gasteiger partial charge in [0.1, 0.15) is 0 Å². The molecule has 2 heterocycles. The maximum atomic E-state index is 6.16. The molecule has 1 aliphatic carbocycles. The number of rotatable bonds is 2. The Balaban J connectivity index is 1.55. The van der Waals surface area contributed by atoms with E-state index in [0.29, 0.717) is 5.60 Å². The molecule has 1 spiro atoms. The molecule has 0 aromatic heterocycles. The smallest absolute Gasteiger partial charge is 0.0685 e. The minimum absolute atomic E-state index is 0.314. The van der Waals surface area contributed by atoms with Gasteiger partial charge in [-0.3, -0.25) is 0 Å². The Kier molecular flexibility index (Phi) is 3.95. The summed E-state index contributed by atoms with van der Waals surface area (Å²) in [5.41, 5.74) is 0.314. The van der Waals surface area contributed by atoms with Crippen molar-refractivity contribution >= 4 is 0 Å². The second-order valence-electron chi connectivity index (χ2n) is 7.06. The summed E-state index contributed by atoms with van der Waals surface area (Å²) >= 11 is 0. The van der Waals surface area contributed by atoms with Gasteiger partial charge in [-0.05, 0) is 69.4 Å². The van der Waals surface area contributed by atoms with Crippen LogP contribution < -0.4 is 5.32 Å². The zero-order chi connectivity index (χ0) is 12.4. The van der Waals surface area contributed by atoms with Crippen LogP contribution in [0.1, 0.15) is 58.3 Å². The molecule has 0 aromatic carbocycles. The molecule has 0 amide bonds. The Hall–Kier alpha value is -0.0800. The quantitative estimate of drug-likeness (QED) is 0.812. The van der Waals surface area contributed by atoms with Crippen molar-refractivity contribution in [1.82, 2.24) is 5.32 Å². The Morgan fingerprint density at radius 1 is 1.22 bits per heavy atom. The highest BCUT2D eigenvalue weighted by atomic mass is 16.5. The van der Waals surface area contributed by atoms with E-state index in [2.05, 4.69) is 12.2 Å². The van der Waals surface area contributed by atoms with Crippen molar-refractivity contribution in [2.75, 3.05) is 19.7 Å². The first-order valence-corrected chi connectivity index (χ1v) is 8.12. The summed E-state index contributed by atoms with van der Waals surface area (Å²) in [4.78, 5) is 0. The third-order valence-corrected chi connectivity index (χ3v) is 5.73. The van der Waals surface area contributed by atoms with Gasteiger partial charge in [-0.1, -0.05) is 19.8 Å². The molecule has 0 bridgehead atoms. The number of hydrogen-bond donors (Lipinski definition) is 1. The van der Waals surface area contributed by atoms with Crippen molar-refractivity contribution in [1.29, 1.82) is 0 Å². The predicted octanol–water partition coefficient (Wildman–Crippen LogP) is 3.36. The standard InChI is InChI=1S/C16H29NO/c1-13-4-8-17-12-15(13)10-14-5-9-18-16(11-14)6-2-3-7-16/h13-15,17H,2-12H2,1H3. The summed E-state index contributed by atoms with van der Waals surface area (Å²) in [6.45, 7) is 5.97. The second kappa shape index (κ2) is 5.50. The van der Waals surface area contributed by atoms with Crippen LogP contribution in [0.4, 0.5) is 0 Å². The summed E-state index contributed by atoms with van der Waals surface area (Å²) in [5.74, 6) is 2.78. The Bertz CT molecular complexity index is 272. The van der Waals surface area contributed by atoms with E-state index in [1.54, 1.807) is 0 Å². The van der Waals surface area contributed by atoms with E-state index in [4.69, 9.17) is 4.74 Å². The lowest BCUT2D eigenvalue weighted by Crippen LogP contribution is -2.41. The molecule has 2 heteroatoms. The molecule has 2 nitrogen and oxygen atoms in total. The molecular formula is C16H29NO. The molecule has 0 aromatic rings. The summed E-state index contributed by atoms with van der Waals surface area (Å²) in [7, 11) is 0. The van der Waals surface area contributed by atoms with E-state index in [-0.39, 0.29) is 0 Å². The zero-order valence-corrected chi connectivity index (χ0v) is 11.9. The first kappa shape index (κ1) is 12.9. The highest BCUT2D eigenvalue weighted by Crippen LogP contribution is 2.44. The van der Waals surface area contributed by atoms with Crippen molar-refractivity contribution in [3.05, 3.63) is 0 Å². The Morgan fingerprint density at radius 2 is 2.06 bits per heavy atom. The van der Waals surface area contributed by atoms with Crippen LogP contribution in [0.5, 0.6) is 0 Å². The van der Waals surface area contributed by atoms with Gasteiger partial charge in [-0.25, -0.2) is 0 Å². The maximum Gasteiger partial charge on any atom is 0.0685 e. The van der Waals surface area contributed by atoms with Crippen LogP contribution in [0.2, 0.25) is 0 Å². The fourth-order valence-corrected chi connectivity index (χ4v) is 4.50. The van der Waals surface area contributed by atoms with Gasteiger partial charge >= 0.3 is 0 Å². The highest BCUT2D eigenvalue weighted by Gasteiger charge is 2.40. The topological polar surface area (TPSA) is 21.3 Å². The van der Waals surface area contributed by atoms with Crippen molar-refractivity contribution in [2.45, 2.75) is 63.9 Å². The maximum absolute atomic E-state index is 6.16. The normalized spacial score (nSPS) is 40.2. The van der Waals surface area contributed by atoms with E-state index in [1.807, 2.05) is 0 Å². The Morgan fingerprint density at radius 3 is 2.83 bits per heavy atom. The van der Waals surface area contributed by atoms with Crippen LogP contribution in [0.15, 0.2) is 0 Å². The lowest BCUT2D eigenvalue weighted by atomic mass is 9.75. The molecule has 18 heavy (non-hydrogen) atoms. The van der Waals surface area contributed by atoms with Crippen LogP contribution in [0.3, 0.4) is 0 Å². The van der Waals surface area contributed by atoms with Gasteiger partial charge in [0.25, 0.3) is 0 Å². The van der Waals surface area contributed by atoms with E-state index in [9.17, 15) is 0 Å². The monoisotopic (exact) mass is 251 g/mol. The van der Waals surface area contributed by atoms with Crippen molar-refractivity contribution in [3.63, 3.8) is 0 Å². The van der Waals surface area contributed by atoms with Gasteiger partial charge < -0.3 is 10.1 Å². The summed E-state index contributed by atoms with van der Waals surface area (Å²) in [5, 5.41) is 3.58.